The fraction of sp³-hybridized carbons (Fsp3) is 0.385. The number of hydrogen-bond donors (Lipinski definition) is 2. The van der Waals surface area contributed by atoms with Crippen molar-refractivity contribution in [3.8, 4) is 0 Å². The van der Waals surface area contributed by atoms with E-state index in [1.165, 1.54) is 11.8 Å². The molecule has 0 saturated carbocycles. The van der Waals surface area contributed by atoms with Crippen molar-refractivity contribution < 1.29 is 9.78 Å². The standard InChI is InChI=1S/C13H17N7OS/c14-12-16-13(18-17-12)22-9-11(21)20-7-5-19(6-8-20)10-3-1-2-4-15-10/h1-4H,5-9H2,(H3,14,16,17,18)/p+1. The second-order valence-corrected chi connectivity index (χ2v) is 5.85. The fourth-order valence-electron chi connectivity index (χ4n) is 2.32. The van der Waals surface area contributed by atoms with Gasteiger partial charge in [0.25, 0.3) is 5.82 Å². The van der Waals surface area contributed by atoms with Crippen molar-refractivity contribution in [2.45, 2.75) is 5.16 Å². The van der Waals surface area contributed by atoms with Crippen molar-refractivity contribution in [2.75, 3.05) is 42.6 Å². The predicted molar refractivity (Wildman–Crippen MR) is 83.3 cm³/mol. The first kappa shape index (κ1) is 14.6. The van der Waals surface area contributed by atoms with Crippen LogP contribution < -0.4 is 15.6 Å². The van der Waals surface area contributed by atoms with E-state index in [0.29, 0.717) is 10.9 Å². The van der Waals surface area contributed by atoms with Crippen LogP contribution in [0.3, 0.4) is 0 Å². The molecule has 1 aliphatic heterocycles. The van der Waals surface area contributed by atoms with Crippen molar-refractivity contribution in [3.05, 3.63) is 24.4 Å². The lowest BCUT2D eigenvalue weighted by molar-refractivity contribution is -0.364. The van der Waals surface area contributed by atoms with E-state index in [4.69, 9.17) is 5.73 Å². The summed E-state index contributed by atoms with van der Waals surface area (Å²) in [7, 11) is 0. The van der Waals surface area contributed by atoms with Crippen LogP contribution in [0.25, 0.3) is 0 Å². The van der Waals surface area contributed by atoms with Crippen LogP contribution in [0.4, 0.5) is 11.8 Å². The second kappa shape index (κ2) is 6.65. The number of H-pyrrole nitrogens is 2. The molecule has 1 saturated heterocycles. The van der Waals surface area contributed by atoms with Crippen LogP contribution in [0.15, 0.2) is 29.6 Å². The number of carbonyl (C=O) groups excluding carboxylic acids is 1. The minimum atomic E-state index is 0.102. The Balaban J connectivity index is 1.47. The van der Waals surface area contributed by atoms with Gasteiger partial charge in [-0.1, -0.05) is 17.8 Å². The lowest BCUT2D eigenvalue weighted by Gasteiger charge is -2.30. The highest BCUT2D eigenvalue weighted by Gasteiger charge is 2.26. The van der Waals surface area contributed by atoms with Gasteiger partial charge >= 0.3 is 0 Å². The molecule has 0 unspecified atom stereocenters. The third kappa shape index (κ3) is 3.48. The van der Waals surface area contributed by atoms with Gasteiger partial charge in [0, 0.05) is 6.07 Å². The van der Waals surface area contributed by atoms with E-state index in [9.17, 15) is 4.79 Å². The van der Waals surface area contributed by atoms with E-state index in [0.717, 1.165) is 32.0 Å². The molecule has 1 aliphatic rings. The molecular weight excluding hydrogens is 302 g/mol. The van der Waals surface area contributed by atoms with Crippen LogP contribution in [0.5, 0.6) is 0 Å². The van der Waals surface area contributed by atoms with Gasteiger partial charge in [0.2, 0.25) is 17.0 Å². The zero-order valence-corrected chi connectivity index (χ0v) is 12.8. The Kier molecular flexibility index (Phi) is 4.42. The minimum absolute atomic E-state index is 0.102. The zero-order valence-electron chi connectivity index (χ0n) is 12.0. The van der Waals surface area contributed by atoms with E-state index in [-0.39, 0.29) is 11.9 Å². The van der Waals surface area contributed by atoms with Crippen LogP contribution in [-0.2, 0) is 4.79 Å². The Bertz CT molecular complexity index is 624. The number of nitrogen functional groups attached to an aromatic ring is 1. The van der Waals surface area contributed by atoms with Crippen molar-refractivity contribution in [1.29, 1.82) is 0 Å². The van der Waals surface area contributed by atoms with Gasteiger partial charge in [-0.15, -0.1) is 5.10 Å². The molecule has 0 bridgehead atoms. The number of nitrogens with two attached hydrogens (primary N) is 1. The first-order valence-corrected chi connectivity index (χ1v) is 8.01. The van der Waals surface area contributed by atoms with E-state index in [1.807, 2.05) is 29.3 Å². The Morgan fingerprint density at radius 3 is 2.82 bits per heavy atom. The summed E-state index contributed by atoms with van der Waals surface area (Å²) in [6.07, 6.45) is 1.91. The predicted octanol–water partition coefficient (Wildman–Crippen LogP) is -0.358. The SMILES string of the molecule is Nc1nc(SCC(=O)N2CCN(c3cccc[nH+]3)CC2)n[nH]1. The number of amides is 1. The van der Waals surface area contributed by atoms with E-state index in [1.54, 1.807) is 0 Å². The number of pyridine rings is 1. The molecule has 8 nitrogen and oxygen atoms in total. The maximum atomic E-state index is 12.2. The maximum Gasteiger partial charge on any atom is 0.274 e. The number of anilines is 2. The lowest BCUT2D eigenvalue weighted by atomic mass is 10.3. The van der Waals surface area contributed by atoms with Crippen LogP contribution in [-0.4, -0.2) is 57.9 Å². The molecule has 0 radical (unpaired) electrons. The Labute approximate surface area is 132 Å². The number of nitrogens with one attached hydrogen (secondary N) is 2. The Morgan fingerprint density at radius 1 is 1.36 bits per heavy atom. The number of aromatic nitrogens is 4. The molecule has 1 fully saturated rings. The fourth-order valence-corrected chi connectivity index (χ4v) is 3.03. The highest BCUT2D eigenvalue weighted by molar-refractivity contribution is 7.99. The average Bonchev–Trinajstić information content (AvgIpc) is 2.99. The molecule has 0 atom stereocenters. The molecule has 2 aromatic heterocycles. The molecule has 116 valence electrons. The van der Waals surface area contributed by atoms with Gasteiger partial charge in [0.1, 0.15) is 13.1 Å². The average molecular weight is 320 g/mol. The number of nitrogens with zero attached hydrogens (tertiary/aromatic N) is 4. The maximum absolute atomic E-state index is 12.2. The molecule has 1 amide bonds. The van der Waals surface area contributed by atoms with Crippen molar-refractivity contribution in [2.24, 2.45) is 0 Å². The number of thioether (sulfide) groups is 1. The summed E-state index contributed by atoms with van der Waals surface area (Å²) < 4.78 is 0. The lowest BCUT2D eigenvalue weighted by Crippen LogP contribution is -2.50. The number of hydrogen-bond acceptors (Lipinski definition) is 6. The summed E-state index contributed by atoms with van der Waals surface area (Å²) >= 11 is 1.30. The molecule has 4 N–H and O–H groups in total. The van der Waals surface area contributed by atoms with Gasteiger partial charge in [0.15, 0.2) is 0 Å². The topological polar surface area (TPSA) is 105 Å². The van der Waals surface area contributed by atoms with Crippen LogP contribution in [0.1, 0.15) is 0 Å². The van der Waals surface area contributed by atoms with Gasteiger partial charge in [-0.25, -0.2) is 10.1 Å². The van der Waals surface area contributed by atoms with Crippen LogP contribution in [0.2, 0.25) is 0 Å². The van der Waals surface area contributed by atoms with Gasteiger partial charge in [0.05, 0.1) is 25.0 Å². The Hall–Kier alpha value is -2.29. The molecule has 0 aromatic carbocycles. The second-order valence-electron chi connectivity index (χ2n) is 4.91. The summed E-state index contributed by atoms with van der Waals surface area (Å²) in [6.45, 7) is 3.09. The molecule has 22 heavy (non-hydrogen) atoms. The number of rotatable bonds is 4. The van der Waals surface area contributed by atoms with E-state index in [2.05, 4.69) is 25.1 Å². The van der Waals surface area contributed by atoms with Crippen LogP contribution >= 0.6 is 11.8 Å². The third-order valence-electron chi connectivity index (χ3n) is 3.47. The van der Waals surface area contributed by atoms with Gasteiger partial charge in [-0.2, -0.15) is 4.98 Å². The number of piperazine rings is 1. The number of aromatic amines is 2. The van der Waals surface area contributed by atoms with E-state index < -0.39 is 0 Å². The highest BCUT2D eigenvalue weighted by atomic mass is 32.2. The molecule has 9 heteroatoms. The first-order chi connectivity index (χ1) is 10.7. The van der Waals surface area contributed by atoms with Crippen LogP contribution in [0, 0.1) is 0 Å². The first-order valence-electron chi connectivity index (χ1n) is 7.02. The highest BCUT2D eigenvalue weighted by Crippen LogP contribution is 2.15. The summed E-state index contributed by atoms with van der Waals surface area (Å²) in [5, 5.41) is 6.96. The molecule has 0 spiro atoms. The molecule has 0 aliphatic carbocycles. The molecule has 2 aromatic rings. The summed E-state index contributed by atoms with van der Waals surface area (Å²) in [5.74, 6) is 1.78. The summed E-state index contributed by atoms with van der Waals surface area (Å²) in [5.41, 5.74) is 5.45. The van der Waals surface area contributed by atoms with Crippen molar-refractivity contribution in [3.63, 3.8) is 0 Å². The van der Waals surface area contributed by atoms with Gasteiger partial charge < -0.3 is 10.6 Å². The monoisotopic (exact) mass is 320 g/mol. The Morgan fingerprint density at radius 2 is 2.18 bits per heavy atom. The van der Waals surface area contributed by atoms with Gasteiger partial charge in [-0.05, 0) is 6.07 Å². The normalized spacial score (nSPS) is 15.1. The van der Waals surface area contributed by atoms with Gasteiger partial charge in [-0.3, -0.25) is 9.69 Å². The molecular formula is C13H18N7OS+. The molecule has 3 heterocycles. The number of carbonyl (C=O) groups is 1. The quantitative estimate of drug-likeness (QED) is 0.746. The van der Waals surface area contributed by atoms with Crippen molar-refractivity contribution >= 4 is 29.4 Å². The smallest absolute Gasteiger partial charge is 0.274 e. The van der Waals surface area contributed by atoms with Crippen molar-refractivity contribution in [1.82, 2.24) is 20.1 Å². The minimum Gasteiger partial charge on any atom is -0.368 e. The third-order valence-corrected chi connectivity index (χ3v) is 4.30. The van der Waals surface area contributed by atoms with E-state index >= 15 is 0 Å². The molecule has 3 rings (SSSR count). The zero-order chi connectivity index (χ0) is 15.4. The summed E-state index contributed by atoms with van der Waals surface area (Å²) in [4.78, 5) is 23.5. The largest absolute Gasteiger partial charge is 0.368 e. The summed E-state index contributed by atoms with van der Waals surface area (Å²) in [6, 6.07) is 6.00.